The average Bonchev–Trinajstić information content (AvgIpc) is 3.17. The first-order valence-electron chi connectivity index (χ1n) is 8.38. The SMILES string of the molecule is CNc1ccccc1C(=O)O[C@@H](C)C(=O)Nc1nc(-c2ccccc2)cs1. The largest absolute Gasteiger partial charge is 0.449 e. The monoisotopic (exact) mass is 381 g/mol. The number of para-hydroxylation sites is 1. The minimum atomic E-state index is -0.952. The van der Waals surface area contributed by atoms with E-state index in [4.69, 9.17) is 4.74 Å². The lowest BCUT2D eigenvalue weighted by molar-refractivity contribution is -0.123. The fraction of sp³-hybridized carbons (Fsp3) is 0.150. The van der Waals surface area contributed by atoms with Gasteiger partial charge in [-0.25, -0.2) is 9.78 Å². The van der Waals surface area contributed by atoms with Crippen molar-refractivity contribution >= 4 is 34.0 Å². The number of nitrogens with zero attached hydrogens (tertiary/aromatic N) is 1. The van der Waals surface area contributed by atoms with Crippen LogP contribution in [-0.4, -0.2) is 30.0 Å². The van der Waals surface area contributed by atoms with Gasteiger partial charge in [-0.1, -0.05) is 42.5 Å². The maximum atomic E-state index is 12.3. The molecule has 1 aromatic heterocycles. The minimum Gasteiger partial charge on any atom is -0.449 e. The van der Waals surface area contributed by atoms with Crippen LogP contribution in [-0.2, 0) is 9.53 Å². The van der Waals surface area contributed by atoms with Gasteiger partial charge in [0.05, 0.1) is 11.3 Å². The molecule has 2 N–H and O–H groups in total. The van der Waals surface area contributed by atoms with Crippen molar-refractivity contribution in [2.75, 3.05) is 17.7 Å². The Hall–Kier alpha value is -3.19. The topological polar surface area (TPSA) is 80.3 Å². The van der Waals surface area contributed by atoms with E-state index in [9.17, 15) is 9.59 Å². The van der Waals surface area contributed by atoms with E-state index in [0.29, 0.717) is 16.4 Å². The third-order valence-electron chi connectivity index (χ3n) is 3.87. The summed E-state index contributed by atoms with van der Waals surface area (Å²) < 4.78 is 5.29. The van der Waals surface area contributed by atoms with Crippen molar-refractivity contribution in [1.82, 2.24) is 4.98 Å². The van der Waals surface area contributed by atoms with Crippen LogP contribution in [0.3, 0.4) is 0 Å². The zero-order valence-corrected chi connectivity index (χ0v) is 15.7. The number of ether oxygens (including phenoxy) is 1. The van der Waals surface area contributed by atoms with Gasteiger partial charge in [0.2, 0.25) is 0 Å². The lowest BCUT2D eigenvalue weighted by atomic mass is 10.2. The van der Waals surface area contributed by atoms with Gasteiger partial charge in [-0.2, -0.15) is 0 Å². The lowest BCUT2D eigenvalue weighted by Crippen LogP contribution is -2.30. The number of anilines is 2. The number of rotatable bonds is 6. The molecule has 138 valence electrons. The summed E-state index contributed by atoms with van der Waals surface area (Å²) in [5.41, 5.74) is 2.77. The van der Waals surface area contributed by atoms with E-state index in [0.717, 1.165) is 11.3 Å². The van der Waals surface area contributed by atoms with Crippen molar-refractivity contribution in [2.45, 2.75) is 13.0 Å². The van der Waals surface area contributed by atoms with Crippen molar-refractivity contribution in [2.24, 2.45) is 0 Å². The molecule has 1 heterocycles. The predicted octanol–water partition coefficient (Wildman–Crippen LogP) is 4.04. The molecule has 0 aliphatic heterocycles. The summed E-state index contributed by atoms with van der Waals surface area (Å²) in [6.45, 7) is 1.53. The standard InChI is InChI=1S/C20H19N3O3S/c1-13(26-19(25)15-10-6-7-11-16(15)21-2)18(24)23-20-22-17(12-27-20)14-8-4-3-5-9-14/h3-13,21H,1-2H3,(H,22,23,24)/t13-/m0/s1. The molecular weight excluding hydrogens is 362 g/mol. The summed E-state index contributed by atoms with van der Waals surface area (Å²) in [6, 6.07) is 16.6. The van der Waals surface area contributed by atoms with Crippen LogP contribution < -0.4 is 10.6 Å². The quantitative estimate of drug-likeness (QED) is 0.630. The average molecular weight is 381 g/mol. The summed E-state index contributed by atoms with van der Waals surface area (Å²) in [4.78, 5) is 29.1. The Labute approximate surface area is 161 Å². The molecule has 0 radical (unpaired) electrons. The Morgan fingerprint density at radius 2 is 1.78 bits per heavy atom. The highest BCUT2D eigenvalue weighted by Crippen LogP contribution is 2.25. The zero-order valence-electron chi connectivity index (χ0n) is 14.9. The van der Waals surface area contributed by atoms with E-state index >= 15 is 0 Å². The predicted molar refractivity (Wildman–Crippen MR) is 107 cm³/mol. The normalized spacial score (nSPS) is 11.5. The van der Waals surface area contributed by atoms with Crippen LogP contribution in [0.4, 0.5) is 10.8 Å². The van der Waals surface area contributed by atoms with Crippen LogP contribution in [0.25, 0.3) is 11.3 Å². The highest BCUT2D eigenvalue weighted by Gasteiger charge is 2.21. The summed E-state index contributed by atoms with van der Waals surface area (Å²) in [5, 5.41) is 7.94. The molecule has 0 aliphatic carbocycles. The third-order valence-corrected chi connectivity index (χ3v) is 4.63. The highest BCUT2D eigenvalue weighted by molar-refractivity contribution is 7.14. The summed E-state index contributed by atoms with van der Waals surface area (Å²) in [7, 11) is 1.72. The number of nitrogens with one attached hydrogen (secondary N) is 2. The number of benzene rings is 2. The van der Waals surface area contributed by atoms with E-state index in [2.05, 4.69) is 15.6 Å². The number of carbonyl (C=O) groups excluding carboxylic acids is 2. The maximum Gasteiger partial charge on any atom is 0.341 e. The second-order valence-corrected chi connectivity index (χ2v) is 6.59. The molecule has 3 rings (SSSR count). The number of amides is 1. The van der Waals surface area contributed by atoms with Crippen molar-refractivity contribution in [1.29, 1.82) is 0 Å². The van der Waals surface area contributed by atoms with Gasteiger partial charge in [-0.05, 0) is 19.1 Å². The fourth-order valence-electron chi connectivity index (χ4n) is 2.44. The Bertz CT molecular complexity index is 940. The van der Waals surface area contributed by atoms with Crippen molar-refractivity contribution in [3.05, 3.63) is 65.5 Å². The van der Waals surface area contributed by atoms with Crippen LogP contribution in [0, 0.1) is 0 Å². The molecule has 2 aromatic carbocycles. The molecule has 27 heavy (non-hydrogen) atoms. The van der Waals surface area contributed by atoms with Gasteiger partial charge in [-0.3, -0.25) is 10.1 Å². The first kappa shape index (κ1) is 18.6. The first-order valence-corrected chi connectivity index (χ1v) is 9.26. The van der Waals surface area contributed by atoms with Crippen LogP contribution in [0.1, 0.15) is 17.3 Å². The van der Waals surface area contributed by atoms with E-state index < -0.39 is 18.0 Å². The summed E-state index contributed by atoms with van der Waals surface area (Å²) in [6.07, 6.45) is -0.952. The van der Waals surface area contributed by atoms with Crippen LogP contribution >= 0.6 is 11.3 Å². The molecule has 1 atom stereocenters. The Kier molecular flexibility index (Phi) is 5.83. The lowest BCUT2D eigenvalue weighted by Gasteiger charge is -2.14. The second-order valence-electron chi connectivity index (χ2n) is 5.74. The maximum absolute atomic E-state index is 12.3. The van der Waals surface area contributed by atoms with Gasteiger partial charge >= 0.3 is 5.97 Å². The molecule has 0 aliphatic rings. The zero-order chi connectivity index (χ0) is 19.2. The summed E-state index contributed by atoms with van der Waals surface area (Å²) >= 11 is 1.32. The number of aromatic nitrogens is 1. The smallest absolute Gasteiger partial charge is 0.341 e. The second kappa shape index (κ2) is 8.46. The van der Waals surface area contributed by atoms with Gasteiger partial charge < -0.3 is 10.1 Å². The number of hydrogen-bond acceptors (Lipinski definition) is 6. The van der Waals surface area contributed by atoms with Crippen molar-refractivity contribution in [3.63, 3.8) is 0 Å². The van der Waals surface area contributed by atoms with E-state index in [-0.39, 0.29) is 0 Å². The number of thiazole rings is 1. The fourth-order valence-corrected chi connectivity index (χ4v) is 3.16. The molecule has 0 fully saturated rings. The van der Waals surface area contributed by atoms with Crippen LogP contribution in [0.2, 0.25) is 0 Å². The van der Waals surface area contributed by atoms with E-state index in [1.54, 1.807) is 25.2 Å². The summed E-state index contributed by atoms with van der Waals surface area (Å²) in [5.74, 6) is -0.994. The Balaban J connectivity index is 1.63. The Morgan fingerprint density at radius 3 is 2.52 bits per heavy atom. The van der Waals surface area contributed by atoms with Crippen LogP contribution in [0.15, 0.2) is 60.0 Å². The van der Waals surface area contributed by atoms with E-state index in [1.165, 1.54) is 18.3 Å². The molecule has 6 nitrogen and oxygen atoms in total. The molecule has 7 heteroatoms. The van der Waals surface area contributed by atoms with E-state index in [1.807, 2.05) is 41.8 Å². The highest BCUT2D eigenvalue weighted by atomic mass is 32.1. The van der Waals surface area contributed by atoms with Gasteiger partial charge in [0, 0.05) is 23.7 Å². The molecule has 1 amide bonds. The van der Waals surface area contributed by atoms with Crippen molar-refractivity contribution in [3.8, 4) is 11.3 Å². The first-order chi connectivity index (χ1) is 13.1. The number of hydrogen-bond donors (Lipinski definition) is 2. The minimum absolute atomic E-state index is 0.375. The molecule has 0 spiro atoms. The number of esters is 1. The van der Waals surface area contributed by atoms with Gasteiger partial charge in [0.1, 0.15) is 0 Å². The van der Waals surface area contributed by atoms with Crippen LogP contribution in [0.5, 0.6) is 0 Å². The molecule has 0 unspecified atom stereocenters. The van der Waals surface area contributed by atoms with Gasteiger partial charge in [0.25, 0.3) is 5.91 Å². The molecule has 0 bridgehead atoms. The molecule has 0 saturated carbocycles. The van der Waals surface area contributed by atoms with Crippen molar-refractivity contribution < 1.29 is 14.3 Å². The Morgan fingerprint density at radius 1 is 1.07 bits per heavy atom. The molecule has 3 aromatic rings. The molecular formula is C20H19N3O3S. The third kappa shape index (κ3) is 4.51. The number of carbonyl (C=O) groups is 2. The van der Waals surface area contributed by atoms with Gasteiger partial charge in [-0.15, -0.1) is 11.3 Å². The van der Waals surface area contributed by atoms with Gasteiger partial charge in [0.15, 0.2) is 11.2 Å². The molecule has 0 saturated heterocycles.